The molecule has 2 N–H and O–H groups in total. The van der Waals surface area contributed by atoms with Gasteiger partial charge in [0, 0.05) is 0 Å². The van der Waals surface area contributed by atoms with Crippen LogP contribution >= 0.6 is 7.82 Å². The third-order valence-electron chi connectivity index (χ3n) is 0. The van der Waals surface area contributed by atoms with E-state index in [1.54, 1.807) is 0 Å². The molecule has 0 heterocycles. The Morgan fingerprint density at radius 2 is 1.08 bits per heavy atom. The van der Waals surface area contributed by atoms with Gasteiger partial charge in [0.25, 0.3) is 7.82 Å². The Morgan fingerprint density at radius 1 is 1.08 bits per heavy atom. The van der Waals surface area contributed by atoms with Gasteiger partial charge in [-0.1, -0.05) is 0 Å². The summed E-state index contributed by atoms with van der Waals surface area (Å²) >= 11 is 0. The number of phosphoric acid groups is 1. The van der Waals surface area contributed by atoms with Gasteiger partial charge in [-0.2, -0.15) is 0 Å². The van der Waals surface area contributed by atoms with Crippen molar-refractivity contribution in [3.8, 4) is 0 Å². The fourth-order valence-electron chi connectivity index (χ4n) is 0. The second-order valence-electron chi connectivity index (χ2n) is 0.991. The fourth-order valence-corrected chi connectivity index (χ4v) is 0. The van der Waals surface area contributed by atoms with Crippen molar-refractivity contribution in [1.29, 1.82) is 0 Å². The van der Waals surface area contributed by atoms with Gasteiger partial charge in [0.2, 0.25) is 0 Å². The summed E-state index contributed by atoms with van der Waals surface area (Å²) < 4.78 is 8.77. The molecule has 0 aromatic heterocycles. The van der Waals surface area contributed by atoms with Crippen LogP contribution in [0.25, 0.3) is 0 Å². The molecule has 0 aliphatic rings. The molecule has 0 aromatic rings. The predicted molar refractivity (Wildman–Crippen MR) is 29.3 cm³/mol. The average molecular weight is 240 g/mol. The topological polar surface area (TPSA) is 173 Å². The first kappa shape index (κ1) is 23.4. The van der Waals surface area contributed by atoms with Crippen molar-refractivity contribution in [1.82, 2.24) is 0 Å². The van der Waals surface area contributed by atoms with Crippen LogP contribution in [-0.4, -0.2) is 59.2 Å². The molecular weight excluding hydrogens is 238 g/mol. The van der Waals surface area contributed by atoms with Crippen LogP contribution in [-0.2, 0) is 4.57 Å². The molecule has 8 nitrogen and oxygen atoms in total. The van der Waals surface area contributed by atoms with E-state index in [1.165, 1.54) is 0 Å². The van der Waals surface area contributed by atoms with Crippen molar-refractivity contribution in [2.24, 2.45) is 0 Å². The number of hydrogen-bond donors (Lipinski definition) is 2. The van der Waals surface area contributed by atoms with Crippen molar-refractivity contribution in [3.05, 3.63) is 0 Å². The molecule has 0 fully saturated rings. The minimum Gasteiger partial charge on any atom is -0.894 e. The molecular formula is H2AlMgO8PSi. The molecule has 0 rings (SSSR count). The van der Waals surface area contributed by atoms with Gasteiger partial charge in [-0.05, 0) is 0 Å². The van der Waals surface area contributed by atoms with Crippen molar-refractivity contribution >= 4 is 57.3 Å². The second-order valence-corrected chi connectivity index (χ2v) is 2.97. The van der Waals surface area contributed by atoms with Gasteiger partial charge in [-0.15, -0.1) is 0 Å². The number of rotatable bonds is 0. The van der Waals surface area contributed by atoms with Crippen molar-refractivity contribution in [3.63, 3.8) is 0 Å². The smallest absolute Gasteiger partial charge is 0.894 e. The number of hydrogen-bond acceptors (Lipinski definition) is 6. The van der Waals surface area contributed by atoms with E-state index < -0.39 is 16.9 Å². The Hall–Kier alpha value is 1.47. The van der Waals surface area contributed by atoms with Crippen LogP contribution in [0.5, 0.6) is 0 Å². The Labute approximate surface area is 95.5 Å². The Kier molecular flexibility index (Phi) is 17.6. The monoisotopic (exact) mass is 240 g/mol. The van der Waals surface area contributed by atoms with Crippen LogP contribution in [0, 0.1) is 0 Å². The van der Waals surface area contributed by atoms with E-state index >= 15 is 0 Å². The van der Waals surface area contributed by atoms with Gasteiger partial charge in [0.1, 0.15) is 0 Å². The first-order valence-corrected chi connectivity index (χ1v) is 4.74. The Morgan fingerprint density at radius 3 is 1.08 bits per heavy atom. The van der Waals surface area contributed by atoms with Crippen LogP contribution in [0.3, 0.4) is 0 Å². The third kappa shape index (κ3) is 585. The third-order valence-corrected chi connectivity index (χ3v) is 0. The van der Waals surface area contributed by atoms with Gasteiger partial charge in [-0.3, -0.25) is 4.57 Å². The largest absolute Gasteiger partial charge is 3.00 e. The summed E-state index contributed by atoms with van der Waals surface area (Å²) in [6.45, 7) is 0. The second kappa shape index (κ2) is 9.04. The summed E-state index contributed by atoms with van der Waals surface area (Å²) in [4.78, 5) is 57.2. The molecule has 12 heavy (non-hydrogen) atoms. The molecule has 0 amide bonds. The summed E-state index contributed by atoms with van der Waals surface area (Å²) in [5.74, 6) is 0. The molecule has 0 spiro atoms. The summed E-state index contributed by atoms with van der Waals surface area (Å²) in [7, 11) is -10.5. The minimum absolute atomic E-state index is 0. The van der Waals surface area contributed by atoms with E-state index in [9.17, 15) is 0 Å². The summed E-state index contributed by atoms with van der Waals surface area (Å²) in [5, 5.41) is 0. The normalized spacial score (nSPS) is 9.92. The van der Waals surface area contributed by atoms with Crippen LogP contribution < -0.4 is 24.1 Å². The van der Waals surface area contributed by atoms with E-state index in [-0.39, 0.29) is 40.4 Å². The zero-order valence-corrected chi connectivity index (χ0v) is 10.0. The van der Waals surface area contributed by atoms with Crippen LogP contribution in [0.4, 0.5) is 0 Å². The van der Waals surface area contributed by atoms with E-state index in [1.807, 2.05) is 0 Å². The molecule has 0 unspecified atom stereocenters. The van der Waals surface area contributed by atoms with E-state index in [0.29, 0.717) is 0 Å². The Balaban J connectivity index is -0.0000000457. The van der Waals surface area contributed by atoms with Crippen LogP contribution in [0.15, 0.2) is 0 Å². The van der Waals surface area contributed by atoms with Gasteiger partial charge in [0.05, 0.1) is 0 Å². The van der Waals surface area contributed by atoms with Gasteiger partial charge < -0.3 is 42.9 Å². The molecule has 64 valence electrons. The zero-order valence-electron chi connectivity index (χ0n) is 5.58. The molecule has 0 radical (unpaired) electrons. The van der Waals surface area contributed by atoms with E-state index in [2.05, 4.69) is 0 Å². The average Bonchev–Trinajstić information content (AvgIpc) is 1.12. The van der Waals surface area contributed by atoms with Crippen LogP contribution in [0.1, 0.15) is 0 Å². The molecule has 0 bridgehead atoms. The van der Waals surface area contributed by atoms with Gasteiger partial charge in [-0.25, -0.2) is 0 Å². The molecule has 0 saturated heterocycles. The molecule has 12 heteroatoms. The summed E-state index contributed by atoms with van der Waals surface area (Å²) in [6, 6.07) is 0. The Bertz CT molecular complexity index is 111. The first-order chi connectivity index (χ1) is 4.00. The minimum atomic E-state index is -5.61. The van der Waals surface area contributed by atoms with Crippen molar-refractivity contribution < 1.29 is 38.4 Å². The predicted octanol–water partition coefficient (Wildman–Crippen LogP) is -7.46. The fraction of sp³-hybridized carbons (Fsp3) is 0. The molecule has 0 aliphatic carbocycles. The standard InChI is InChI=1S/Al.Mg.H3O4P.O4Si/c;;2*1-5(2,3)4/h;;(H3,1,2,3,4);/q+3;+2;;-4/p-1. The zero-order chi connectivity index (χ0) is 9.00. The SMILES string of the molecule is O=P([O-])(O)O.[Al+3].[Mg+2].[O-][Si]([O-])([O-])[O-]. The van der Waals surface area contributed by atoms with E-state index in [4.69, 9.17) is 38.4 Å². The van der Waals surface area contributed by atoms with Crippen molar-refractivity contribution in [2.45, 2.75) is 0 Å². The molecule has 0 aliphatic heterocycles. The maximum atomic E-state index is 8.77. The molecule has 0 saturated carbocycles. The van der Waals surface area contributed by atoms with Gasteiger partial charge in [0.15, 0.2) is 0 Å². The summed E-state index contributed by atoms with van der Waals surface area (Å²) in [5.41, 5.74) is 0. The summed E-state index contributed by atoms with van der Waals surface area (Å²) in [6.07, 6.45) is 0. The van der Waals surface area contributed by atoms with Crippen LogP contribution in [0.2, 0.25) is 0 Å². The first-order valence-electron chi connectivity index (χ1n) is 1.58. The van der Waals surface area contributed by atoms with Crippen molar-refractivity contribution in [2.75, 3.05) is 0 Å². The maximum absolute atomic E-state index is 8.77. The molecule has 0 atom stereocenters. The maximum Gasteiger partial charge on any atom is 3.00 e. The molecule has 0 aromatic carbocycles. The van der Waals surface area contributed by atoms with Gasteiger partial charge >= 0.3 is 40.4 Å². The van der Waals surface area contributed by atoms with E-state index in [0.717, 1.165) is 0 Å². The quantitative estimate of drug-likeness (QED) is 0.310.